The van der Waals surface area contributed by atoms with E-state index in [1.54, 1.807) is 22.7 Å². The summed E-state index contributed by atoms with van der Waals surface area (Å²) in [4.78, 5) is 32.6. The molecule has 0 aliphatic heterocycles. The molecule has 0 aliphatic carbocycles. The van der Waals surface area contributed by atoms with E-state index in [1.165, 1.54) is 69.0 Å². The predicted molar refractivity (Wildman–Crippen MR) is 497 cm³/mol. The van der Waals surface area contributed by atoms with Gasteiger partial charge in [0.15, 0.2) is 34.9 Å². The maximum absolute atomic E-state index is 5.59. The molecule has 118 heavy (non-hydrogen) atoms. The van der Waals surface area contributed by atoms with Gasteiger partial charge < -0.3 is 0 Å². The number of aromatic nitrogens is 6. The molecule has 0 fully saturated rings. The second kappa shape index (κ2) is 28.5. The van der Waals surface area contributed by atoms with Crippen molar-refractivity contribution in [2.75, 3.05) is 0 Å². The minimum atomic E-state index is 0.601. The van der Waals surface area contributed by atoms with Crippen LogP contribution >= 0.6 is 22.7 Å². The normalized spacial score (nSPS) is 11.7. The largest absolute Gasteiger partial charge is 0.208 e. The van der Waals surface area contributed by atoms with Crippen LogP contribution in [0.4, 0.5) is 0 Å². The molecule has 0 N–H and O–H groups in total. The van der Waals surface area contributed by atoms with Crippen LogP contribution in [0.5, 0.6) is 0 Å². The Hall–Kier alpha value is -15.1. The fourth-order valence-corrected chi connectivity index (χ4v) is 19.9. The lowest BCUT2D eigenvalue weighted by molar-refractivity contribution is 1.08. The van der Waals surface area contributed by atoms with Crippen LogP contribution < -0.4 is 0 Å². The summed E-state index contributed by atoms with van der Waals surface area (Å²) in [5.74, 6) is 3.70. The van der Waals surface area contributed by atoms with E-state index in [0.717, 1.165) is 136 Å². The lowest BCUT2D eigenvalue weighted by Gasteiger charge is -2.15. The van der Waals surface area contributed by atoms with Crippen LogP contribution in [0.1, 0.15) is 0 Å². The highest BCUT2D eigenvalue weighted by atomic mass is 32.1. The molecule has 0 atom stereocenters. The van der Waals surface area contributed by atoms with E-state index in [2.05, 4.69) is 394 Å². The molecule has 0 aliphatic rings. The van der Waals surface area contributed by atoms with Gasteiger partial charge in [0, 0.05) is 73.7 Å². The lowest BCUT2D eigenvalue weighted by atomic mass is 9.92. The Balaban J connectivity index is 0.596. The highest BCUT2D eigenvalue weighted by molar-refractivity contribution is 7.26. The van der Waals surface area contributed by atoms with Crippen molar-refractivity contribution in [1.82, 2.24) is 29.9 Å². The Morgan fingerprint density at radius 2 is 0.449 bits per heavy atom. The molecule has 0 spiro atoms. The Labute approximate surface area is 688 Å². The lowest BCUT2D eigenvalue weighted by Crippen LogP contribution is -2.01. The summed E-state index contributed by atoms with van der Waals surface area (Å²) in [6.45, 7) is 0. The molecule has 0 bridgehead atoms. The Kier molecular flexibility index (Phi) is 16.5. The third-order valence-electron chi connectivity index (χ3n) is 23.4. The quantitative estimate of drug-likeness (QED) is 0.114. The molecule has 4 aromatic heterocycles. The first-order chi connectivity index (χ1) is 58.4. The summed E-state index contributed by atoms with van der Waals surface area (Å²) in [6, 6.07) is 144. The third kappa shape index (κ3) is 12.2. The summed E-state index contributed by atoms with van der Waals surface area (Å²) in [7, 11) is 0. The molecule has 8 heteroatoms. The second-order valence-electron chi connectivity index (χ2n) is 30.3. The van der Waals surface area contributed by atoms with Crippen molar-refractivity contribution in [2.45, 2.75) is 0 Å². The molecule has 0 saturated heterocycles. The summed E-state index contributed by atoms with van der Waals surface area (Å²) in [5, 5.41) is 16.3. The fraction of sp³-hybridized carbons (Fsp3) is 0. The second-order valence-corrected chi connectivity index (χ2v) is 32.5. The van der Waals surface area contributed by atoms with Crippen LogP contribution in [-0.4, -0.2) is 29.9 Å². The van der Waals surface area contributed by atoms with Crippen LogP contribution in [0.25, 0.3) is 240 Å². The summed E-state index contributed by atoms with van der Waals surface area (Å²) < 4.78 is 4.69. The molecule has 4 heterocycles. The van der Waals surface area contributed by atoms with Gasteiger partial charge in [-0.05, 0) is 198 Å². The van der Waals surface area contributed by atoms with Gasteiger partial charge in [-0.3, -0.25) is 0 Å². The highest BCUT2D eigenvalue weighted by Crippen LogP contribution is 2.48. The van der Waals surface area contributed by atoms with Crippen molar-refractivity contribution in [2.24, 2.45) is 0 Å². The Bertz CT molecular complexity index is 7970. The maximum Gasteiger partial charge on any atom is 0.165 e. The van der Waals surface area contributed by atoms with E-state index >= 15 is 0 Å². The predicted octanol–water partition coefficient (Wildman–Crippen LogP) is 30.2. The first kappa shape index (κ1) is 68.5. The van der Waals surface area contributed by atoms with Gasteiger partial charge >= 0.3 is 0 Å². The number of rotatable bonds is 13. The van der Waals surface area contributed by atoms with Gasteiger partial charge in [0.25, 0.3) is 0 Å². The zero-order valence-electron chi connectivity index (χ0n) is 63.6. The molecule has 0 amide bonds. The van der Waals surface area contributed by atoms with Gasteiger partial charge in [-0.15, -0.1) is 22.7 Å². The van der Waals surface area contributed by atoms with E-state index in [-0.39, 0.29) is 0 Å². The SMILES string of the molecule is c1ccc(-c2ccc(-c3nc(-c4ccc(-c5ccc6ccc(-c7ccc(-c8ccc(-c9nc(-c%10ccc(-c%11ccc%12ccccc%12c%11)cc%10)nc(-c%10ccc(-c%11ccc%12ccc(-c%13ccccc%13)cc%12c%11)c%11ccccc%10%11)n9)c9sc%10ccccc%10c89)cc7)cc6c5)c5ccccc45)nc(-c4cccc5c4sc4ccccc45)n3)cc2)cc1. The summed E-state index contributed by atoms with van der Waals surface area (Å²) in [5.41, 5.74) is 21.6. The van der Waals surface area contributed by atoms with Crippen LogP contribution in [-0.2, 0) is 0 Å². The van der Waals surface area contributed by atoms with Gasteiger partial charge in [-0.1, -0.05) is 334 Å². The first-order valence-corrected chi connectivity index (χ1v) is 41.5. The van der Waals surface area contributed by atoms with Gasteiger partial charge in [0.05, 0.1) is 0 Å². The Morgan fingerprint density at radius 3 is 0.975 bits per heavy atom. The topological polar surface area (TPSA) is 77.3 Å². The molecular formula is C110H66N6S2. The molecule has 6 nitrogen and oxygen atoms in total. The van der Waals surface area contributed by atoms with E-state index in [9.17, 15) is 0 Å². The van der Waals surface area contributed by atoms with Gasteiger partial charge in [-0.2, -0.15) is 0 Å². The maximum atomic E-state index is 5.59. The highest BCUT2D eigenvalue weighted by Gasteiger charge is 2.24. The number of hydrogen-bond acceptors (Lipinski definition) is 8. The molecular weight excluding hydrogens is 1470 g/mol. The van der Waals surface area contributed by atoms with Crippen molar-refractivity contribution >= 4 is 117 Å². The molecule has 0 radical (unpaired) electrons. The number of fused-ring (bicyclic) bond motifs is 11. The monoisotopic (exact) mass is 1530 g/mol. The molecule has 0 unspecified atom stereocenters. The summed E-state index contributed by atoms with van der Waals surface area (Å²) in [6.07, 6.45) is 0. The number of benzene rings is 19. The van der Waals surface area contributed by atoms with Crippen LogP contribution in [0.15, 0.2) is 400 Å². The Morgan fingerprint density at radius 1 is 0.144 bits per heavy atom. The zero-order chi connectivity index (χ0) is 77.7. The molecule has 23 aromatic rings. The third-order valence-corrected chi connectivity index (χ3v) is 25.9. The van der Waals surface area contributed by atoms with E-state index < -0.39 is 0 Å². The van der Waals surface area contributed by atoms with E-state index in [0.29, 0.717) is 34.9 Å². The van der Waals surface area contributed by atoms with Crippen LogP contribution in [0.3, 0.4) is 0 Å². The van der Waals surface area contributed by atoms with Crippen molar-refractivity contribution in [3.05, 3.63) is 400 Å². The fourth-order valence-electron chi connectivity index (χ4n) is 17.4. The van der Waals surface area contributed by atoms with Crippen molar-refractivity contribution < 1.29 is 0 Å². The van der Waals surface area contributed by atoms with Crippen molar-refractivity contribution in [3.63, 3.8) is 0 Å². The molecule has 19 aromatic carbocycles. The number of nitrogens with zero attached hydrogens (tertiary/aromatic N) is 6. The first-order valence-electron chi connectivity index (χ1n) is 39.8. The van der Waals surface area contributed by atoms with E-state index in [1.807, 2.05) is 6.07 Å². The van der Waals surface area contributed by atoms with Gasteiger partial charge in [0.2, 0.25) is 0 Å². The standard InChI is InChI=1S/C110H66N6S2/c1-3-18-67(19-4-1)70-36-47-76(48-37-70)105-111-107(115-109(113-105)98-31-17-30-94-93-28-13-15-32-100(93)117-103(94)98)95-59-56-87(89-24-9-11-26-91(89)95)83-55-44-74-42-53-81(64-85(74)66-83)71-34-45-75(46-35-71)88-58-61-99(104-102(88)97-29-14-16-33-101(97)118-104)110-114-106(77-49-38-72(39-50-77)79-51-40-69-22-7-8-23-78(69)62-79)112-108(116-110)96-60-57-86(90-25-10-12-27-92(90)96)82-54-43-73-41-52-80(63-84(73)65-82)68-20-5-2-6-21-68/h1-66H. The minimum absolute atomic E-state index is 0.601. The van der Waals surface area contributed by atoms with E-state index in [4.69, 9.17) is 29.9 Å². The van der Waals surface area contributed by atoms with Gasteiger partial charge in [0.1, 0.15) is 0 Å². The van der Waals surface area contributed by atoms with Gasteiger partial charge in [-0.25, -0.2) is 29.9 Å². The minimum Gasteiger partial charge on any atom is -0.208 e. The molecule has 23 rings (SSSR count). The summed E-state index contributed by atoms with van der Waals surface area (Å²) >= 11 is 3.57. The van der Waals surface area contributed by atoms with Crippen LogP contribution in [0, 0.1) is 0 Å². The average Bonchev–Trinajstić information content (AvgIpc) is 1.51. The molecule has 0 saturated carbocycles. The van der Waals surface area contributed by atoms with Crippen molar-refractivity contribution in [1.29, 1.82) is 0 Å². The number of thiophene rings is 2. The number of hydrogen-bond donors (Lipinski definition) is 0. The van der Waals surface area contributed by atoms with Crippen LogP contribution in [0.2, 0.25) is 0 Å². The smallest absolute Gasteiger partial charge is 0.165 e. The van der Waals surface area contributed by atoms with Crippen molar-refractivity contribution in [3.8, 4) is 146 Å². The molecule has 548 valence electrons. The zero-order valence-corrected chi connectivity index (χ0v) is 65.2. The average molecular weight is 1540 g/mol.